The summed E-state index contributed by atoms with van der Waals surface area (Å²) in [6.45, 7) is 0.957. The van der Waals surface area contributed by atoms with Crippen molar-refractivity contribution in [3.8, 4) is 11.5 Å². The van der Waals surface area contributed by atoms with Crippen LogP contribution in [0.3, 0.4) is 0 Å². The highest BCUT2D eigenvalue weighted by Crippen LogP contribution is 2.32. The third kappa shape index (κ3) is 4.79. The minimum absolute atomic E-state index is 0.0783. The summed E-state index contributed by atoms with van der Waals surface area (Å²) < 4.78 is 26.0. The fourth-order valence-corrected chi connectivity index (χ4v) is 4.04. The van der Waals surface area contributed by atoms with Gasteiger partial charge in [-0.15, -0.1) is 10.2 Å². The van der Waals surface area contributed by atoms with E-state index in [0.29, 0.717) is 52.5 Å². The van der Waals surface area contributed by atoms with Crippen molar-refractivity contribution in [1.82, 2.24) is 14.6 Å². The Kier molecular flexibility index (Phi) is 6.00. The lowest BCUT2D eigenvalue weighted by molar-refractivity contribution is -0.113. The number of anilines is 2. The number of carbonyl (C=O) groups excluding carboxylic acids is 2. The zero-order chi connectivity index (χ0) is 23.5. The van der Waals surface area contributed by atoms with Crippen LogP contribution in [0.2, 0.25) is 0 Å². The van der Waals surface area contributed by atoms with Gasteiger partial charge in [-0.3, -0.25) is 14.0 Å². The number of carbonyl (C=O) groups is 2. The fourth-order valence-electron chi connectivity index (χ4n) is 3.32. The lowest BCUT2D eigenvalue weighted by Gasteiger charge is -2.18. The quantitative estimate of drug-likeness (QED) is 0.407. The largest absolute Gasteiger partial charge is 0.486 e. The first kappa shape index (κ1) is 21.7. The molecule has 2 amide bonds. The summed E-state index contributed by atoms with van der Waals surface area (Å²) in [4.78, 5) is 25.1. The van der Waals surface area contributed by atoms with Crippen LogP contribution in [0, 0.1) is 5.82 Å². The highest BCUT2D eigenvalue weighted by atomic mass is 32.2. The normalized spacial score (nSPS) is 12.4. The van der Waals surface area contributed by atoms with Gasteiger partial charge in [0, 0.05) is 23.6 Å². The maximum absolute atomic E-state index is 13.4. The first-order chi connectivity index (χ1) is 16.5. The van der Waals surface area contributed by atoms with E-state index in [9.17, 15) is 14.0 Å². The molecule has 11 heteroatoms. The smallest absolute Gasteiger partial charge is 0.257 e. The molecule has 5 rings (SSSR count). The zero-order valence-corrected chi connectivity index (χ0v) is 18.5. The van der Waals surface area contributed by atoms with Gasteiger partial charge in [0.1, 0.15) is 19.0 Å². The molecule has 4 aromatic rings. The van der Waals surface area contributed by atoms with Crippen LogP contribution in [0.15, 0.2) is 66.0 Å². The van der Waals surface area contributed by atoms with Crippen molar-refractivity contribution in [2.24, 2.45) is 0 Å². The molecule has 0 bridgehead atoms. The van der Waals surface area contributed by atoms with E-state index in [1.807, 2.05) is 0 Å². The minimum Gasteiger partial charge on any atom is -0.486 e. The maximum atomic E-state index is 13.4. The van der Waals surface area contributed by atoms with Gasteiger partial charge in [-0.25, -0.2) is 4.39 Å². The van der Waals surface area contributed by atoms with Gasteiger partial charge in [-0.05, 0) is 42.5 Å². The second-order valence-electron chi connectivity index (χ2n) is 7.29. The number of hydrogen-bond donors (Lipinski definition) is 2. The number of halogens is 1. The molecule has 0 fully saturated rings. The summed E-state index contributed by atoms with van der Waals surface area (Å²) in [5.41, 5.74) is 1.80. The number of amides is 2. The summed E-state index contributed by atoms with van der Waals surface area (Å²) in [6.07, 6.45) is 1.57. The molecular weight excluding hydrogens is 461 g/mol. The number of nitrogens with zero attached hydrogens (tertiary/aromatic N) is 3. The average molecular weight is 479 g/mol. The van der Waals surface area contributed by atoms with Crippen LogP contribution >= 0.6 is 11.8 Å². The predicted octanol–water partition coefficient (Wildman–Crippen LogP) is 3.62. The van der Waals surface area contributed by atoms with Gasteiger partial charge < -0.3 is 20.1 Å². The molecule has 0 aliphatic carbocycles. The van der Waals surface area contributed by atoms with Crippen molar-refractivity contribution in [1.29, 1.82) is 0 Å². The summed E-state index contributed by atoms with van der Waals surface area (Å²) in [7, 11) is 0. The second kappa shape index (κ2) is 9.40. The molecule has 0 radical (unpaired) electrons. The first-order valence-corrected chi connectivity index (χ1v) is 11.3. The van der Waals surface area contributed by atoms with Crippen molar-refractivity contribution in [2.75, 3.05) is 29.6 Å². The number of fused-ring (bicyclic) bond motifs is 2. The number of pyridine rings is 1. The van der Waals surface area contributed by atoms with Gasteiger partial charge in [0.2, 0.25) is 5.91 Å². The van der Waals surface area contributed by atoms with Gasteiger partial charge >= 0.3 is 0 Å². The van der Waals surface area contributed by atoms with E-state index in [1.165, 1.54) is 30.0 Å². The van der Waals surface area contributed by atoms with Crippen LogP contribution in [0.5, 0.6) is 11.5 Å². The number of aromatic nitrogens is 3. The number of ether oxygens (including phenoxy) is 2. The van der Waals surface area contributed by atoms with E-state index < -0.39 is 11.7 Å². The zero-order valence-electron chi connectivity index (χ0n) is 17.7. The van der Waals surface area contributed by atoms with Crippen LogP contribution in [-0.4, -0.2) is 45.4 Å². The Hall–Kier alpha value is -4.12. The number of thioether (sulfide) groups is 1. The average Bonchev–Trinajstić information content (AvgIpc) is 3.25. The van der Waals surface area contributed by atoms with E-state index >= 15 is 0 Å². The Morgan fingerprint density at radius 1 is 0.971 bits per heavy atom. The van der Waals surface area contributed by atoms with Gasteiger partial charge in [0.25, 0.3) is 5.91 Å². The lowest BCUT2D eigenvalue weighted by atomic mass is 10.2. The van der Waals surface area contributed by atoms with Crippen molar-refractivity contribution < 1.29 is 23.5 Å². The van der Waals surface area contributed by atoms with E-state index in [2.05, 4.69) is 20.8 Å². The number of nitrogens with one attached hydrogen (secondary N) is 2. The Bertz CT molecular complexity index is 1390. The van der Waals surface area contributed by atoms with Gasteiger partial charge in [0.15, 0.2) is 22.3 Å². The van der Waals surface area contributed by atoms with Crippen LogP contribution in [0.4, 0.5) is 15.8 Å². The van der Waals surface area contributed by atoms with Crippen molar-refractivity contribution in [3.05, 3.63) is 72.2 Å². The van der Waals surface area contributed by atoms with Crippen LogP contribution < -0.4 is 20.1 Å². The highest BCUT2D eigenvalue weighted by Gasteiger charge is 2.15. The molecule has 2 aromatic carbocycles. The van der Waals surface area contributed by atoms with Gasteiger partial charge in [-0.1, -0.05) is 17.8 Å². The standard InChI is InChI=1S/C23H18FN5O4S/c24-15-2-1-3-16(10-15)26-22(31)14-4-7-20-27-28-23(29(20)12-14)34-13-21(30)25-17-5-6-18-19(11-17)33-9-8-32-18/h1-7,10-12H,8-9,13H2,(H,25,30)(H,26,31). The Morgan fingerprint density at radius 2 is 1.79 bits per heavy atom. The van der Waals surface area contributed by atoms with Crippen LogP contribution in [0.25, 0.3) is 5.65 Å². The first-order valence-electron chi connectivity index (χ1n) is 10.3. The van der Waals surface area contributed by atoms with Crippen molar-refractivity contribution >= 4 is 40.6 Å². The molecule has 0 unspecified atom stereocenters. The third-order valence-electron chi connectivity index (χ3n) is 4.87. The SMILES string of the molecule is O=C(CSc1nnc2ccc(C(=O)Nc3cccc(F)c3)cn12)Nc1ccc2c(c1)OCCO2. The molecule has 0 saturated carbocycles. The molecular formula is C23H18FN5O4S. The molecule has 3 heterocycles. The molecule has 1 aliphatic rings. The van der Waals surface area contributed by atoms with E-state index in [1.54, 1.807) is 47.0 Å². The van der Waals surface area contributed by atoms with Gasteiger partial charge in [-0.2, -0.15) is 0 Å². The molecule has 172 valence electrons. The summed E-state index contributed by atoms with van der Waals surface area (Å²) in [5.74, 6) is 0.219. The molecule has 1 aliphatic heterocycles. The summed E-state index contributed by atoms with van der Waals surface area (Å²) >= 11 is 1.18. The molecule has 0 atom stereocenters. The van der Waals surface area contributed by atoms with E-state index in [-0.39, 0.29) is 11.7 Å². The Morgan fingerprint density at radius 3 is 2.65 bits per heavy atom. The van der Waals surface area contributed by atoms with E-state index in [0.717, 1.165) is 0 Å². The molecule has 9 nitrogen and oxygen atoms in total. The Balaban J connectivity index is 1.25. The van der Waals surface area contributed by atoms with Crippen LogP contribution in [-0.2, 0) is 4.79 Å². The number of hydrogen-bond acceptors (Lipinski definition) is 7. The summed E-state index contributed by atoms with van der Waals surface area (Å²) in [5, 5.41) is 14.1. The number of benzene rings is 2. The molecule has 0 saturated heterocycles. The van der Waals surface area contributed by atoms with Gasteiger partial charge in [0.05, 0.1) is 11.3 Å². The second-order valence-corrected chi connectivity index (χ2v) is 8.23. The molecule has 2 N–H and O–H groups in total. The minimum atomic E-state index is -0.444. The topological polar surface area (TPSA) is 107 Å². The predicted molar refractivity (Wildman–Crippen MR) is 124 cm³/mol. The molecule has 34 heavy (non-hydrogen) atoms. The monoisotopic (exact) mass is 479 g/mol. The van der Waals surface area contributed by atoms with E-state index in [4.69, 9.17) is 9.47 Å². The Labute approximate surface area is 197 Å². The van der Waals surface area contributed by atoms with Crippen molar-refractivity contribution in [2.45, 2.75) is 5.16 Å². The van der Waals surface area contributed by atoms with Crippen molar-refractivity contribution in [3.63, 3.8) is 0 Å². The lowest BCUT2D eigenvalue weighted by Crippen LogP contribution is -2.17. The number of rotatable bonds is 6. The fraction of sp³-hybridized carbons (Fsp3) is 0.130. The summed E-state index contributed by atoms with van der Waals surface area (Å²) in [6, 6.07) is 14.1. The molecule has 0 spiro atoms. The van der Waals surface area contributed by atoms with Crippen LogP contribution in [0.1, 0.15) is 10.4 Å². The molecule has 2 aromatic heterocycles. The maximum Gasteiger partial charge on any atom is 0.257 e. The highest BCUT2D eigenvalue weighted by molar-refractivity contribution is 7.99. The third-order valence-corrected chi connectivity index (χ3v) is 5.82.